The molecule has 1 heterocycles. The van der Waals surface area contributed by atoms with Crippen LogP contribution in [0.15, 0.2) is 35.3 Å². The highest BCUT2D eigenvalue weighted by Crippen LogP contribution is 2.37. The minimum absolute atomic E-state index is 0.280. The van der Waals surface area contributed by atoms with E-state index in [1.165, 1.54) is 6.07 Å². The third-order valence-corrected chi connectivity index (χ3v) is 4.69. The summed E-state index contributed by atoms with van der Waals surface area (Å²) in [6, 6.07) is 7.88. The molecule has 0 atom stereocenters. The number of hydrogen-bond donors (Lipinski definition) is 2. The lowest BCUT2D eigenvalue weighted by atomic mass is 9.88. The molecule has 0 saturated carbocycles. The number of rotatable bonds is 1. The standard InChI is InChI=1S/C18H18ClFN4O/c1-10-5-6-12(16-14(19)3-2-4-15(16)20)13-9-24(8-7-11(10)13)18(25)23-17(21)22/h2-6H,7-9H2,1H3,(H4,21,22,23,25). The smallest absolute Gasteiger partial charge is 0.347 e. The maximum Gasteiger partial charge on any atom is 0.347 e. The number of aryl methyl sites for hydroxylation is 1. The number of hydrogen-bond acceptors (Lipinski definition) is 1. The third kappa shape index (κ3) is 3.30. The van der Waals surface area contributed by atoms with Crippen LogP contribution in [0.5, 0.6) is 0 Å². The second kappa shape index (κ2) is 6.72. The molecule has 2 aromatic carbocycles. The molecule has 3 rings (SSSR count). The molecule has 0 fully saturated rings. The van der Waals surface area contributed by atoms with Crippen molar-refractivity contribution < 1.29 is 9.18 Å². The molecule has 0 unspecified atom stereocenters. The van der Waals surface area contributed by atoms with Gasteiger partial charge in [-0.25, -0.2) is 9.18 Å². The first-order valence-corrected chi connectivity index (χ1v) is 8.20. The van der Waals surface area contributed by atoms with E-state index in [0.717, 1.165) is 16.7 Å². The Labute approximate surface area is 150 Å². The van der Waals surface area contributed by atoms with Crippen LogP contribution in [0.2, 0.25) is 5.02 Å². The van der Waals surface area contributed by atoms with Gasteiger partial charge in [0.15, 0.2) is 5.96 Å². The zero-order chi connectivity index (χ0) is 18.1. The number of benzene rings is 2. The van der Waals surface area contributed by atoms with Crippen molar-refractivity contribution in [2.75, 3.05) is 6.54 Å². The van der Waals surface area contributed by atoms with Gasteiger partial charge in [0.05, 0.1) is 5.02 Å². The number of nitrogens with zero attached hydrogens (tertiary/aromatic N) is 2. The second-order valence-corrected chi connectivity index (χ2v) is 6.38. The van der Waals surface area contributed by atoms with Crippen LogP contribution in [0.4, 0.5) is 9.18 Å². The van der Waals surface area contributed by atoms with Gasteiger partial charge in [-0.1, -0.05) is 29.8 Å². The van der Waals surface area contributed by atoms with Gasteiger partial charge in [0, 0.05) is 18.7 Å². The summed E-state index contributed by atoms with van der Waals surface area (Å²) in [7, 11) is 0. The van der Waals surface area contributed by atoms with E-state index in [-0.39, 0.29) is 5.96 Å². The number of fused-ring (bicyclic) bond motifs is 1. The summed E-state index contributed by atoms with van der Waals surface area (Å²) < 4.78 is 14.4. The number of urea groups is 1. The van der Waals surface area contributed by atoms with Gasteiger partial charge in [-0.2, -0.15) is 4.99 Å². The number of guanidine groups is 1. The molecular formula is C18H18ClFN4O. The van der Waals surface area contributed by atoms with Gasteiger partial charge in [0.25, 0.3) is 0 Å². The maximum atomic E-state index is 14.4. The highest BCUT2D eigenvalue weighted by molar-refractivity contribution is 6.33. The van der Waals surface area contributed by atoms with Crippen LogP contribution in [0.25, 0.3) is 11.1 Å². The minimum Gasteiger partial charge on any atom is -0.370 e. The molecule has 130 valence electrons. The number of halogens is 2. The van der Waals surface area contributed by atoms with E-state index in [2.05, 4.69) is 4.99 Å². The molecule has 0 bridgehead atoms. The van der Waals surface area contributed by atoms with Crippen LogP contribution >= 0.6 is 11.6 Å². The first kappa shape index (κ1) is 17.2. The van der Waals surface area contributed by atoms with Crippen molar-refractivity contribution in [3.05, 3.63) is 57.9 Å². The predicted molar refractivity (Wildman–Crippen MR) is 96.9 cm³/mol. The average Bonchev–Trinajstić information content (AvgIpc) is 2.55. The van der Waals surface area contributed by atoms with E-state index in [0.29, 0.717) is 35.7 Å². The van der Waals surface area contributed by atoms with E-state index in [9.17, 15) is 9.18 Å². The predicted octanol–water partition coefficient (Wildman–Crippen LogP) is 3.21. The van der Waals surface area contributed by atoms with Crippen molar-refractivity contribution in [3.8, 4) is 11.1 Å². The molecule has 0 radical (unpaired) electrons. The summed E-state index contributed by atoms with van der Waals surface area (Å²) >= 11 is 6.24. The molecule has 0 aromatic heterocycles. The highest BCUT2D eigenvalue weighted by Gasteiger charge is 2.26. The third-order valence-electron chi connectivity index (χ3n) is 4.37. The summed E-state index contributed by atoms with van der Waals surface area (Å²) in [6.45, 7) is 2.80. The van der Waals surface area contributed by atoms with E-state index in [4.69, 9.17) is 23.1 Å². The molecular weight excluding hydrogens is 343 g/mol. The van der Waals surface area contributed by atoms with Crippen LogP contribution in [-0.4, -0.2) is 23.4 Å². The van der Waals surface area contributed by atoms with Gasteiger partial charge in [-0.3, -0.25) is 0 Å². The Morgan fingerprint density at radius 2 is 2.00 bits per heavy atom. The number of aliphatic imine (C=N–C) groups is 1. The van der Waals surface area contributed by atoms with Crippen LogP contribution in [0, 0.1) is 12.7 Å². The fourth-order valence-electron chi connectivity index (χ4n) is 3.19. The Morgan fingerprint density at radius 3 is 2.68 bits per heavy atom. The Balaban J connectivity index is 2.10. The molecule has 5 nitrogen and oxygen atoms in total. The molecule has 2 aromatic rings. The van der Waals surface area contributed by atoms with Gasteiger partial charge in [-0.15, -0.1) is 0 Å². The number of nitrogens with two attached hydrogens (primary N) is 2. The normalized spacial score (nSPS) is 13.3. The van der Waals surface area contributed by atoms with Crippen LogP contribution < -0.4 is 11.5 Å². The Morgan fingerprint density at radius 1 is 1.24 bits per heavy atom. The number of carbonyl (C=O) groups excluding carboxylic acids is 1. The molecule has 0 aliphatic carbocycles. The summed E-state index contributed by atoms with van der Waals surface area (Å²) in [4.78, 5) is 17.3. The van der Waals surface area contributed by atoms with E-state index in [1.54, 1.807) is 17.0 Å². The minimum atomic E-state index is -0.502. The SMILES string of the molecule is Cc1ccc(-c2c(F)cccc2Cl)c2c1CCN(C(=O)N=C(N)N)C2. The van der Waals surface area contributed by atoms with Crippen LogP contribution in [0.1, 0.15) is 16.7 Å². The molecule has 25 heavy (non-hydrogen) atoms. The summed E-state index contributed by atoms with van der Waals surface area (Å²) in [5, 5.41) is 0.332. The summed E-state index contributed by atoms with van der Waals surface area (Å²) in [5.74, 6) is -0.677. The first-order chi connectivity index (χ1) is 11.9. The van der Waals surface area contributed by atoms with Crippen LogP contribution in [0.3, 0.4) is 0 Å². The van der Waals surface area contributed by atoms with Crippen molar-refractivity contribution in [1.82, 2.24) is 4.90 Å². The van der Waals surface area contributed by atoms with E-state index < -0.39 is 11.8 Å². The van der Waals surface area contributed by atoms with Gasteiger partial charge < -0.3 is 16.4 Å². The fraction of sp³-hybridized carbons (Fsp3) is 0.222. The second-order valence-electron chi connectivity index (χ2n) is 5.97. The maximum absolute atomic E-state index is 14.4. The largest absolute Gasteiger partial charge is 0.370 e. The van der Waals surface area contributed by atoms with E-state index >= 15 is 0 Å². The Kier molecular flexibility index (Phi) is 4.63. The lowest BCUT2D eigenvalue weighted by Crippen LogP contribution is -2.37. The summed E-state index contributed by atoms with van der Waals surface area (Å²) in [6.07, 6.45) is 0.646. The molecule has 2 amide bonds. The average molecular weight is 361 g/mol. The molecule has 1 aliphatic heterocycles. The molecule has 0 spiro atoms. The molecule has 1 aliphatic rings. The lowest BCUT2D eigenvalue weighted by Gasteiger charge is -2.30. The lowest BCUT2D eigenvalue weighted by molar-refractivity contribution is 0.202. The van der Waals surface area contributed by atoms with Gasteiger partial charge in [0.2, 0.25) is 0 Å². The Bertz CT molecular complexity index is 857. The summed E-state index contributed by atoms with van der Waals surface area (Å²) in [5.41, 5.74) is 14.7. The topological polar surface area (TPSA) is 84.7 Å². The zero-order valence-corrected chi connectivity index (χ0v) is 14.5. The molecule has 4 N–H and O–H groups in total. The monoisotopic (exact) mass is 360 g/mol. The van der Waals surface area contributed by atoms with E-state index in [1.807, 2.05) is 19.1 Å². The number of carbonyl (C=O) groups is 1. The number of amides is 2. The molecule has 0 saturated heterocycles. The quantitative estimate of drug-likeness (QED) is 0.605. The van der Waals surface area contributed by atoms with Crippen LogP contribution in [-0.2, 0) is 13.0 Å². The van der Waals surface area contributed by atoms with Gasteiger partial charge >= 0.3 is 6.03 Å². The zero-order valence-electron chi connectivity index (χ0n) is 13.7. The van der Waals surface area contributed by atoms with Crippen molar-refractivity contribution >= 4 is 23.6 Å². The van der Waals surface area contributed by atoms with Crippen molar-refractivity contribution in [2.24, 2.45) is 16.5 Å². The van der Waals surface area contributed by atoms with Crippen molar-refractivity contribution in [2.45, 2.75) is 19.9 Å². The van der Waals surface area contributed by atoms with Gasteiger partial charge in [-0.05, 0) is 47.7 Å². The molecule has 7 heteroatoms. The van der Waals surface area contributed by atoms with Crippen molar-refractivity contribution in [3.63, 3.8) is 0 Å². The van der Waals surface area contributed by atoms with Crippen molar-refractivity contribution in [1.29, 1.82) is 0 Å². The first-order valence-electron chi connectivity index (χ1n) is 7.82. The fourth-order valence-corrected chi connectivity index (χ4v) is 3.45. The Hall–Kier alpha value is -2.60. The highest BCUT2D eigenvalue weighted by atomic mass is 35.5. The van der Waals surface area contributed by atoms with Gasteiger partial charge in [0.1, 0.15) is 5.82 Å².